The Kier molecular flexibility index (Phi) is 4.32. The molecule has 0 amide bonds. The van der Waals surface area contributed by atoms with Crippen molar-refractivity contribution in [1.29, 1.82) is 0 Å². The molecule has 1 aromatic heterocycles. The third kappa shape index (κ3) is 3.21. The molecule has 0 saturated carbocycles. The standard InChI is InChI=1S/C16H10Cl2N2O3/c17-9-1-3-13-11(7-9)16(22)20-15(19-13)12-8-10(18)2-4-14(12)23-6-5-21/h1-5,7-8H,6H2,(H,19,20,22). The highest BCUT2D eigenvalue weighted by molar-refractivity contribution is 6.31. The second-order valence-electron chi connectivity index (χ2n) is 4.69. The fraction of sp³-hybridized carbons (Fsp3) is 0.0625. The number of rotatable bonds is 4. The Labute approximate surface area is 140 Å². The van der Waals surface area contributed by atoms with Crippen LogP contribution in [0.2, 0.25) is 10.0 Å². The summed E-state index contributed by atoms with van der Waals surface area (Å²) in [5.74, 6) is 0.700. The normalized spacial score (nSPS) is 10.7. The maximum atomic E-state index is 12.3. The molecular weight excluding hydrogens is 339 g/mol. The molecule has 0 aliphatic carbocycles. The number of carbonyl (C=O) groups is 1. The lowest BCUT2D eigenvalue weighted by Gasteiger charge is -2.10. The van der Waals surface area contributed by atoms with Gasteiger partial charge in [0.05, 0.1) is 16.5 Å². The first-order valence-corrected chi connectivity index (χ1v) is 7.40. The number of aromatic amines is 1. The highest BCUT2D eigenvalue weighted by Crippen LogP contribution is 2.30. The summed E-state index contributed by atoms with van der Waals surface area (Å²) in [5, 5.41) is 1.30. The van der Waals surface area contributed by atoms with Crippen LogP contribution >= 0.6 is 23.2 Å². The summed E-state index contributed by atoms with van der Waals surface area (Å²) >= 11 is 11.9. The van der Waals surface area contributed by atoms with Crippen molar-refractivity contribution in [2.45, 2.75) is 0 Å². The number of hydrogen-bond acceptors (Lipinski definition) is 4. The molecule has 0 atom stereocenters. The van der Waals surface area contributed by atoms with Gasteiger partial charge in [0.25, 0.3) is 5.56 Å². The first kappa shape index (κ1) is 15.5. The van der Waals surface area contributed by atoms with Crippen molar-refractivity contribution in [2.24, 2.45) is 0 Å². The van der Waals surface area contributed by atoms with Gasteiger partial charge in [-0.1, -0.05) is 23.2 Å². The number of nitrogens with one attached hydrogen (secondary N) is 1. The van der Waals surface area contributed by atoms with Crippen molar-refractivity contribution < 1.29 is 9.53 Å². The van der Waals surface area contributed by atoms with Crippen molar-refractivity contribution in [3.8, 4) is 17.1 Å². The van der Waals surface area contributed by atoms with E-state index >= 15 is 0 Å². The van der Waals surface area contributed by atoms with E-state index < -0.39 is 0 Å². The van der Waals surface area contributed by atoms with Crippen molar-refractivity contribution in [2.75, 3.05) is 6.61 Å². The Morgan fingerprint density at radius 2 is 1.87 bits per heavy atom. The summed E-state index contributed by atoms with van der Waals surface area (Å²) in [7, 11) is 0. The van der Waals surface area contributed by atoms with Crippen LogP contribution in [-0.4, -0.2) is 22.9 Å². The number of aldehydes is 1. The maximum Gasteiger partial charge on any atom is 0.259 e. The zero-order valence-electron chi connectivity index (χ0n) is 11.7. The van der Waals surface area contributed by atoms with Gasteiger partial charge in [-0.2, -0.15) is 0 Å². The van der Waals surface area contributed by atoms with Gasteiger partial charge in [0.2, 0.25) is 0 Å². The van der Waals surface area contributed by atoms with E-state index in [0.29, 0.717) is 44.4 Å². The van der Waals surface area contributed by atoms with E-state index in [1.54, 1.807) is 36.4 Å². The smallest absolute Gasteiger partial charge is 0.259 e. The third-order valence-corrected chi connectivity index (χ3v) is 3.64. The van der Waals surface area contributed by atoms with Crippen molar-refractivity contribution >= 4 is 40.4 Å². The predicted octanol–water partition coefficient (Wildman–Crippen LogP) is 3.47. The van der Waals surface area contributed by atoms with E-state index in [0.717, 1.165) is 0 Å². The van der Waals surface area contributed by atoms with Gasteiger partial charge < -0.3 is 9.72 Å². The summed E-state index contributed by atoms with van der Waals surface area (Å²) in [5.41, 5.74) is 0.663. The van der Waals surface area contributed by atoms with Gasteiger partial charge in [-0.25, -0.2) is 4.98 Å². The molecule has 7 heteroatoms. The van der Waals surface area contributed by atoms with E-state index in [9.17, 15) is 9.59 Å². The molecule has 0 bridgehead atoms. The number of ether oxygens (including phenoxy) is 1. The zero-order valence-corrected chi connectivity index (χ0v) is 13.2. The molecule has 23 heavy (non-hydrogen) atoms. The van der Waals surface area contributed by atoms with Gasteiger partial charge in [0, 0.05) is 10.0 Å². The van der Waals surface area contributed by atoms with Crippen LogP contribution in [0.25, 0.3) is 22.3 Å². The van der Waals surface area contributed by atoms with Gasteiger partial charge in [-0.3, -0.25) is 9.59 Å². The highest BCUT2D eigenvalue weighted by atomic mass is 35.5. The first-order chi connectivity index (χ1) is 11.1. The van der Waals surface area contributed by atoms with Crippen LogP contribution in [0.3, 0.4) is 0 Å². The van der Waals surface area contributed by atoms with Gasteiger partial charge in [-0.05, 0) is 36.4 Å². The molecule has 3 aromatic rings. The summed E-state index contributed by atoms with van der Waals surface area (Å²) in [6.07, 6.45) is 0.636. The monoisotopic (exact) mass is 348 g/mol. The Morgan fingerprint density at radius 3 is 2.65 bits per heavy atom. The molecule has 0 fully saturated rings. The minimum absolute atomic E-state index is 0.109. The van der Waals surface area contributed by atoms with Crippen LogP contribution in [0.15, 0.2) is 41.2 Å². The second kappa shape index (κ2) is 6.40. The molecular formula is C16H10Cl2N2O3. The molecule has 1 heterocycles. The summed E-state index contributed by atoms with van der Waals surface area (Å²) in [6, 6.07) is 9.72. The predicted molar refractivity (Wildman–Crippen MR) is 89.4 cm³/mol. The number of benzene rings is 2. The van der Waals surface area contributed by atoms with E-state index in [-0.39, 0.29) is 12.2 Å². The largest absolute Gasteiger partial charge is 0.485 e. The number of aromatic nitrogens is 2. The minimum Gasteiger partial charge on any atom is -0.485 e. The average Bonchev–Trinajstić information content (AvgIpc) is 2.54. The highest BCUT2D eigenvalue weighted by Gasteiger charge is 2.12. The Bertz CT molecular complexity index is 954. The number of H-pyrrole nitrogens is 1. The lowest BCUT2D eigenvalue weighted by atomic mass is 10.1. The number of carbonyl (C=O) groups excluding carboxylic acids is 1. The van der Waals surface area contributed by atoms with Gasteiger partial charge in [0.15, 0.2) is 6.29 Å². The van der Waals surface area contributed by atoms with Crippen LogP contribution in [0.1, 0.15) is 0 Å². The van der Waals surface area contributed by atoms with E-state index in [1.807, 2.05) is 0 Å². The van der Waals surface area contributed by atoms with E-state index in [1.165, 1.54) is 0 Å². The topological polar surface area (TPSA) is 72.0 Å². The fourth-order valence-corrected chi connectivity index (χ4v) is 2.52. The maximum absolute atomic E-state index is 12.3. The molecule has 1 N–H and O–H groups in total. The molecule has 116 valence electrons. The van der Waals surface area contributed by atoms with Crippen molar-refractivity contribution in [3.05, 3.63) is 56.8 Å². The van der Waals surface area contributed by atoms with Crippen LogP contribution in [0.4, 0.5) is 0 Å². The number of hydrogen-bond donors (Lipinski definition) is 1. The molecule has 5 nitrogen and oxygen atoms in total. The first-order valence-electron chi connectivity index (χ1n) is 6.64. The molecule has 0 unspecified atom stereocenters. The van der Waals surface area contributed by atoms with Gasteiger partial charge in [0.1, 0.15) is 18.2 Å². The lowest BCUT2D eigenvalue weighted by molar-refractivity contribution is -0.109. The molecule has 3 rings (SSSR count). The molecule has 0 aliphatic heterocycles. The molecule has 0 spiro atoms. The zero-order chi connectivity index (χ0) is 16.4. The van der Waals surface area contributed by atoms with Crippen LogP contribution < -0.4 is 10.3 Å². The molecule has 0 radical (unpaired) electrons. The fourth-order valence-electron chi connectivity index (χ4n) is 2.18. The summed E-state index contributed by atoms with van der Waals surface area (Å²) in [4.78, 5) is 29.9. The third-order valence-electron chi connectivity index (χ3n) is 3.17. The minimum atomic E-state index is -0.325. The Hall–Kier alpha value is -2.37. The van der Waals surface area contributed by atoms with Crippen molar-refractivity contribution in [3.63, 3.8) is 0 Å². The van der Waals surface area contributed by atoms with Crippen LogP contribution in [-0.2, 0) is 4.79 Å². The summed E-state index contributed by atoms with van der Waals surface area (Å²) < 4.78 is 5.36. The van der Waals surface area contributed by atoms with Gasteiger partial charge in [-0.15, -0.1) is 0 Å². The lowest BCUT2D eigenvalue weighted by Crippen LogP contribution is -2.10. The van der Waals surface area contributed by atoms with Crippen molar-refractivity contribution in [1.82, 2.24) is 9.97 Å². The Balaban J connectivity index is 2.20. The van der Waals surface area contributed by atoms with Gasteiger partial charge >= 0.3 is 0 Å². The van der Waals surface area contributed by atoms with Crippen LogP contribution in [0, 0.1) is 0 Å². The average molecular weight is 349 g/mol. The van der Waals surface area contributed by atoms with E-state index in [2.05, 4.69) is 9.97 Å². The molecule has 2 aromatic carbocycles. The molecule has 0 saturated heterocycles. The summed E-state index contributed by atoms with van der Waals surface area (Å²) in [6.45, 7) is -0.109. The molecule has 0 aliphatic rings. The quantitative estimate of drug-likeness (QED) is 0.732. The number of nitrogens with zero attached hydrogens (tertiary/aromatic N) is 1. The number of halogens is 2. The van der Waals surface area contributed by atoms with Crippen LogP contribution in [0.5, 0.6) is 5.75 Å². The second-order valence-corrected chi connectivity index (χ2v) is 5.57. The SMILES string of the molecule is O=CCOc1ccc(Cl)cc1-c1nc2ccc(Cl)cc2c(=O)[nH]1. The Morgan fingerprint density at radius 1 is 1.13 bits per heavy atom. The van der Waals surface area contributed by atoms with E-state index in [4.69, 9.17) is 27.9 Å². The number of fused-ring (bicyclic) bond motifs is 1.